The molecular weight excluding hydrogens is 417 g/mol. The number of hydrogen-bond acceptors (Lipinski definition) is 3. The fourth-order valence-corrected chi connectivity index (χ4v) is 3.29. The highest BCUT2D eigenvalue weighted by atomic mass is 127. The van der Waals surface area contributed by atoms with Gasteiger partial charge in [-0.3, -0.25) is 4.99 Å². The fourth-order valence-electron chi connectivity index (χ4n) is 3.29. The Kier molecular flexibility index (Phi) is 10.3. The number of aromatic nitrogens is 2. The SMILES string of the molecule is CCOCCC1(CNC(=NC)NCCn2ccnc2)CCCC1.I. The summed E-state index contributed by atoms with van der Waals surface area (Å²) in [6.07, 6.45) is 12.0. The molecule has 2 N–H and O–H groups in total. The summed E-state index contributed by atoms with van der Waals surface area (Å²) in [5.41, 5.74) is 0.372. The van der Waals surface area contributed by atoms with Gasteiger partial charge < -0.3 is 19.9 Å². The van der Waals surface area contributed by atoms with Crippen LogP contribution in [0, 0.1) is 5.41 Å². The van der Waals surface area contributed by atoms with Gasteiger partial charge in [-0.1, -0.05) is 12.8 Å². The maximum atomic E-state index is 5.58. The van der Waals surface area contributed by atoms with Crippen molar-refractivity contribution < 1.29 is 4.74 Å². The summed E-state index contributed by atoms with van der Waals surface area (Å²) in [4.78, 5) is 8.38. The molecule has 1 aliphatic carbocycles. The maximum Gasteiger partial charge on any atom is 0.191 e. The summed E-state index contributed by atoms with van der Waals surface area (Å²) in [6, 6.07) is 0. The summed E-state index contributed by atoms with van der Waals surface area (Å²) < 4.78 is 7.63. The molecule has 1 saturated carbocycles. The van der Waals surface area contributed by atoms with E-state index in [2.05, 4.69) is 32.1 Å². The molecular formula is C17H32IN5O. The average molecular weight is 449 g/mol. The summed E-state index contributed by atoms with van der Waals surface area (Å²) in [6.45, 7) is 6.43. The number of imidazole rings is 1. The van der Waals surface area contributed by atoms with Gasteiger partial charge in [-0.25, -0.2) is 4.98 Å². The first-order chi connectivity index (χ1) is 11.3. The molecule has 0 bridgehead atoms. The zero-order valence-corrected chi connectivity index (χ0v) is 17.3. The van der Waals surface area contributed by atoms with Crippen LogP contribution in [0.2, 0.25) is 0 Å². The second-order valence-electron chi connectivity index (χ2n) is 6.31. The first-order valence-corrected chi connectivity index (χ1v) is 8.76. The van der Waals surface area contributed by atoms with Crippen LogP contribution in [0.1, 0.15) is 39.0 Å². The predicted molar refractivity (Wildman–Crippen MR) is 109 cm³/mol. The molecule has 7 heteroatoms. The zero-order valence-electron chi connectivity index (χ0n) is 15.0. The molecule has 0 aliphatic heterocycles. The van der Waals surface area contributed by atoms with Crippen molar-refractivity contribution in [2.24, 2.45) is 10.4 Å². The largest absolute Gasteiger partial charge is 0.382 e. The maximum absolute atomic E-state index is 5.58. The van der Waals surface area contributed by atoms with Crippen LogP contribution >= 0.6 is 24.0 Å². The van der Waals surface area contributed by atoms with Crippen LogP contribution in [-0.4, -0.2) is 48.9 Å². The lowest BCUT2D eigenvalue weighted by Gasteiger charge is -2.30. The Bertz CT molecular complexity index is 458. The van der Waals surface area contributed by atoms with Gasteiger partial charge >= 0.3 is 0 Å². The lowest BCUT2D eigenvalue weighted by atomic mass is 9.83. The van der Waals surface area contributed by atoms with Crippen LogP contribution in [0.15, 0.2) is 23.7 Å². The van der Waals surface area contributed by atoms with E-state index in [0.717, 1.165) is 45.2 Å². The Labute approximate surface area is 162 Å². The van der Waals surface area contributed by atoms with Crippen molar-refractivity contribution in [1.82, 2.24) is 20.2 Å². The van der Waals surface area contributed by atoms with Crippen molar-refractivity contribution in [3.63, 3.8) is 0 Å². The summed E-state index contributed by atoms with van der Waals surface area (Å²) in [7, 11) is 1.83. The van der Waals surface area contributed by atoms with Gasteiger partial charge in [0.2, 0.25) is 0 Å². The highest BCUT2D eigenvalue weighted by molar-refractivity contribution is 14.0. The Hall–Kier alpha value is -0.830. The highest BCUT2D eigenvalue weighted by Crippen LogP contribution is 2.40. The van der Waals surface area contributed by atoms with E-state index in [4.69, 9.17) is 4.74 Å². The molecule has 0 amide bonds. The van der Waals surface area contributed by atoms with Gasteiger partial charge in [0.15, 0.2) is 5.96 Å². The Morgan fingerprint density at radius 1 is 1.33 bits per heavy atom. The number of nitrogens with one attached hydrogen (secondary N) is 2. The van der Waals surface area contributed by atoms with Crippen molar-refractivity contribution in [3.8, 4) is 0 Å². The van der Waals surface area contributed by atoms with E-state index in [9.17, 15) is 0 Å². The third kappa shape index (κ3) is 6.96. The monoisotopic (exact) mass is 449 g/mol. The lowest BCUT2D eigenvalue weighted by Crippen LogP contribution is -2.44. The topological polar surface area (TPSA) is 63.5 Å². The molecule has 2 rings (SSSR count). The second kappa shape index (κ2) is 11.7. The normalized spacial score (nSPS) is 16.7. The van der Waals surface area contributed by atoms with Gasteiger partial charge in [-0.15, -0.1) is 24.0 Å². The Morgan fingerprint density at radius 3 is 2.75 bits per heavy atom. The zero-order chi connectivity index (χ0) is 16.4. The van der Waals surface area contributed by atoms with Crippen molar-refractivity contribution in [3.05, 3.63) is 18.7 Å². The molecule has 0 radical (unpaired) electrons. The van der Waals surface area contributed by atoms with Crippen molar-refractivity contribution in [2.75, 3.05) is 33.4 Å². The molecule has 6 nitrogen and oxygen atoms in total. The summed E-state index contributed by atoms with van der Waals surface area (Å²) in [5.74, 6) is 0.882. The smallest absolute Gasteiger partial charge is 0.191 e. The van der Waals surface area contributed by atoms with Crippen molar-refractivity contribution in [2.45, 2.75) is 45.6 Å². The number of halogens is 1. The first-order valence-electron chi connectivity index (χ1n) is 8.76. The molecule has 0 spiro atoms. The molecule has 0 unspecified atom stereocenters. The molecule has 0 atom stereocenters. The van der Waals surface area contributed by atoms with E-state index in [-0.39, 0.29) is 24.0 Å². The van der Waals surface area contributed by atoms with E-state index in [1.165, 1.54) is 25.7 Å². The van der Waals surface area contributed by atoms with Crippen LogP contribution in [0.5, 0.6) is 0 Å². The van der Waals surface area contributed by atoms with Gasteiger partial charge in [0, 0.05) is 52.3 Å². The van der Waals surface area contributed by atoms with Gasteiger partial charge in [-0.05, 0) is 31.6 Å². The van der Waals surface area contributed by atoms with Gasteiger partial charge in [0.1, 0.15) is 0 Å². The Balaban J connectivity index is 0.00000288. The van der Waals surface area contributed by atoms with Gasteiger partial charge in [-0.2, -0.15) is 0 Å². The minimum Gasteiger partial charge on any atom is -0.382 e. The molecule has 1 aromatic rings. The van der Waals surface area contributed by atoms with E-state index in [0.29, 0.717) is 5.41 Å². The third-order valence-electron chi connectivity index (χ3n) is 4.72. The number of rotatable bonds is 9. The van der Waals surface area contributed by atoms with Crippen LogP contribution in [0.3, 0.4) is 0 Å². The first kappa shape index (κ1) is 21.2. The van der Waals surface area contributed by atoms with Crippen molar-refractivity contribution in [1.29, 1.82) is 0 Å². The van der Waals surface area contributed by atoms with Gasteiger partial charge in [0.25, 0.3) is 0 Å². The number of ether oxygens (including phenoxy) is 1. The highest BCUT2D eigenvalue weighted by Gasteiger charge is 2.33. The van der Waals surface area contributed by atoms with Crippen molar-refractivity contribution >= 4 is 29.9 Å². The molecule has 1 heterocycles. The summed E-state index contributed by atoms with van der Waals surface area (Å²) in [5, 5.41) is 6.89. The standard InChI is InChI=1S/C17H31N5O.HI/c1-3-23-13-8-17(6-4-5-7-17)14-21-16(18-2)20-10-12-22-11-9-19-15-22;/h9,11,15H,3-8,10,12-14H2,1-2H3,(H2,18,20,21);1H. The molecule has 1 aromatic heterocycles. The Morgan fingerprint density at radius 2 is 2.12 bits per heavy atom. The van der Waals surface area contributed by atoms with E-state index in [1.807, 2.05) is 19.6 Å². The minimum absolute atomic E-state index is 0. The molecule has 1 fully saturated rings. The number of aliphatic imine (C=N–C) groups is 1. The van der Waals surface area contributed by atoms with Gasteiger partial charge in [0.05, 0.1) is 6.33 Å². The fraction of sp³-hybridized carbons (Fsp3) is 0.765. The second-order valence-corrected chi connectivity index (χ2v) is 6.31. The minimum atomic E-state index is 0. The van der Waals surface area contributed by atoms with E-state index >= 15 is 0 Å². The molecule has 1 aliphatic rings. The quantitative estimate of drug-likeness (QED) is 0.263. The van der Waals surface area contributed by atoms with E-state index in [1.54, 1.807) is 6.20 Å². The summed E-state index contributed by atoms with van der Waals surface area (Å²) >= 11 is 0. The lowest BCUT2D eigenvalue weighted by molar-refractivity contribution is 0.105. The van der Waals surface area contributed by atoms with E-state index < -0.39 is 0 Å². The molecule has 138 valence electrons. The molecule has 0 aromatic carbocycles. The number of nitrogens with zero attached hydrogens (tertiary/aromatic N) is 3. The molecule has 24 heavy (non-hydrogen) atoms. The molecule has 0 saturated heterocycles. The van der Waals surface area contributed by atoms with Crippen LogP contribution in [0.4, 0.5) is 0 Å². The third-order valence-corrected chi connectivity index (χ3v) is 4.72. The van der Waals surface area contributed by atoms with Crippen LogP contribution < -0.4 is 10.6 Å². The van der Waals surface area contributed by atoms with Crippen LogP contribution in [-0.2, 0) is 11.3 Å². The number of guanidine groups is 1. The van der Waals surface area contributed by atoms with Crippen LogP contribution in [0.25, 0.3) is 0 Å². The predicted octanol–water partition coefficient (Wildman–Crippen LogP) is 2.65. The number of hydrogen-bond donors (Lipinski definition) is 2. The average Bonchev–Trinajstić information content (AvgIpc) is 3.23.